The van der Waals surface area contributed by atoms with Crippen molar-refractivity contribution in [3.8, 4) is 0 Å². The molecule has 1 amide bonds. The van der Waals surface area contributed by atoms with Crippen LogP contribution >= 0.6 is 0 Å². The second-order valence-corrected chi connectivity index (χ2v) is 5.14. The van der Waals surface area contributed by atoms with Gasteiger partial charge in [0.1, 0.15) is 5.69 Å². The van der Waals surface area contributed by atoms with E-state index in [-0.39, 0.29) is 5.91 Å². The maximum atomic E-state index is 12.3. The molecule has 0 aliphatic rings. The summed E-state index contributed by atoms with van der Waals surface area (Å²) in [5.41, 5.74) is 7.05. The zero-order valence-corrected chi connectivity index (χ0v) is 13.4. The summed E-state index contributed by atoms with van der Waals surface area (Å²) in [6.07, 6.45) is 3.79. The highest BCUT2D eigenvalue weighted by Gasteiger charge is 2.14. The van der Waals surface area contributed by atoms with Crippen molar-refractivity contribution in [1.29, 1.82) is 0 Å². The number of nitrogens with zero attached hydrogens (tertiary/aromatic N) is 2. The Bertz CT molecular complexity index is 432. The van der Waals surface area contributed by atoms with E-state index >= 15 is 0 Å². The highest BCUT2D eigenvalue weighted by molar-refractivity contribution is 5.93. The molecule has 0 radical (unpaired) electrons. The Morgan fingerprint density at radius 3 is 2.67 bits per heavy atom. The molecule has 3 N–H and O–H groups in total. The van der Waals surface area contributed by atoms with Crippen molar-refractivity contribution in [2.45, 2.75) is 33.6 Å². The summed E-state index contributed by atoms with van der Waals surface area (Å²) in [7, 11) is 0. The van der Waals surface area contributed by atoms with Gasteiger partial charge in [-0.25, -0.2) is 0 Å². The molecule has 0 saturated heterocycles. The molecule has 1 aromatic heterocycles. The van der Waals surface area contributed by atoms with Crippen LogP contribution in [0.5, 0.6) is 0 Å². The molecule has 118 valence electrons. The second-order valence-electron chi connectivity index (χ2n) is 5.14. The number of carbonyl (C=O) groups excluding carboxylic acids is 1. The summed E-state index contributed by atoms with van der Waals surface area (Å²) in [4.78, 5) is 18.2. The molecule has 1 unspecified atom stereocenters. The molecule has 5 heteroatoms. The Hall–Kier alpha value is -1.62. The van der Waals surface area contributed by atoms with Crippen molar-refractivity contribution in [3.63, 3.8) is 0 Å². The van der Waals surface area contributed by atoms with E-state index in [0.29, 0.717) is 31.2 Å². The Morgan fingerprint density at radius 1 is 1.38 bits per heavy atom. The van der Waals surface area contributed by atoms with Crippen LogP contribution in [0, 0.1) is 5.92 Å². The van der Waals surface area contributed by atoms with E-state index in [1.165, 1.54) is 0 Å². The van der Waals surface area contributed by atoms with Gasteiger partial charge in [-0.2, -0.15) is 0 Å². The monoisotopic (exact) mass is 292 g/mol. The smallest absolute Gasteiger partial charge is 0.272 e. The highest BCUT2D eigenvalue weighted by atomic mass is 16.2. The minimum absolute atomic E-state index is 0.0161. The van der Waals surface area contributed by atoms with Crippen molar-refractivity contribution in [3.05, 3.63) is 24.0 Å². The fourth-order valence-electron chi connectivity index (χ4n) is 2.28. The van der Waals surface area contributed by atoms with Crippen LogP contribution in [-0.2, 0) is 0 Å². The van der Waals surface area contributed by atoms with Gasteiger partial charge in [0, 0.05) is 31.5 Å². The first-order valence-corrected chi connectivity index (χ1v) is 7.85. The molecule has 0 fully saturated rings. The van der Waals surface area contributed by atoms with Crippen LogP contribution in [0.4, 0.5) is 5.69 Å². The summed E-state index contributed by atoms with van der Waals surface area (Å²) in [6, 6.07) is 3.73. The number of hydrogen-bond acceptors (Lipinski definition) is 4. The molecule has 1 aromatic rings. The molecule has 0 bridgehead atoms. The number of nitrogens with one attached hydrogen (secondary N) is 1. The lowest BCUT2D eigenvalue weighted by Gasteiger charge is -2.19. The summed E-state index contributed by atoms with van der Waals surface area (Å²) in [6.45, 7) is 9.10. The molecule has 0 spiro atoms. The molecular weight excluding hydrogens is 264 g/mol. The molecular formula is C16H28N4O. The SMILES string of the molecule is CCC(CCN)CNc1ccnc(C(=O)N(CC)CC)c1. The van der Waals surface area contributed by atoms with Gasteiger partial charge in [-0.1, -0.05) is 13.3 Å². The molecule has 0 aromatic carbocycles. The van der Waals surface area contributed by atoms with Gasteiger partial charge in [0.05, 0.1) is 0 Å². The van der Waals surface area contributed by atoms with E-state index in [9.17, 15) is 4.79 Å². The van der Waals surface area contributed by atoms with Crippen LogP contribution < -0.4 is 11.1 Å². The summed E-state index contributed by atoms with van der Waals surface area (Å²) < 4.78 is 0. The first-order valence-electron chi connectivity index (χ1n) is 7.85. The van der Waals surface area contributed by atoms with Gasteiger partial charge < -0.3 is 16.0 Å². The number of hydrogen-bond donors (Lipinski definition) is 2. The Balaban J connectivity index is 2.70. The average Bonchev–Trinajstić information content (AvgIpc) is 2.52. The summed E-state index contributed by atoms with van der Waals surface area (Å²) >= 11 is 0. The van der Waals surface area contributed by atoms with Crippen LogP contribution in [-0.4, -0.2) is 42.0 Å². The molecule has 21 heavy (non-hydrogen) atoms. The van der Waals surface area contributed by atoms with Gasteiger partial charge in [0.15, 0.2) is 0 Å². The maximum Gasteiger partial charge on any atom is 0.272 e. The number of pyridine rings is 1. The first kappa shape index (κ1) is 17.4. The predicted molar refractivity (Wildman–Crippen MR) is 87.4 cm³/mol. The standard InChI is InChI=1S/C16H28N4O/c1-4-13(7-9-17)12-19-14-8-10-18-15(11-14)16(21)20(5-2)6-3/h8,10-11,13H,4-7,9,12,17H2,1-3H3,(H,18,19). The predicted octanol–water partition coefficient (Wildman–Crippen LogP) is 2.35. The molecule has 1 atom stereocenters. The largest absolute Gasteiger partial charge is 0.385 e. The van der Waals surface area contributed by atoms with Crippen LogP contribution in [0.2, 0.25) is 0 Å². The Labute approximate surface area is 127 Å². The zero-order valence-electron chi connectivity index (χ0n) is 13.4. The molecule has 0 aliphatic heterocycles. The van der Waals surface area contributed by atoms with Crippen molar-refractivity contribution >= 4 is 11.6 Å². The molecule has 1 rings (SSSR count). The maximum absolute atomic E-state index is 12.3. The number of nitrogens with two attached hydrogens (primary N) is 1. The van der Waals surface area contributed by atoms with Gasteiger partial charge in [-0.15, -0.1) is 0 Å². The quantitative estimate of drug-likeness (QED) is 0.733. The summed E-state index contributed by atoms with van der Waals surface area (Å²) in [5, 5.41) is 3.38. The van der Waals surface area contributed by atoms with Crippen LogP contribution in [0.25, 0.3) is 0 Å². The summed E-state index contributed by atoms with van der Waals surface area (Å²) in [5.74, 6) is 0.544. The van der Waals surface area contributed by atoms with E-state index in [4.69, 9.17) is 5.73 Å². The van der Waals surface area contributed by atoms with E-state index in [1.54, 1.807) is 11.1 Å². The van der Waals surface area contributed by atoms with Crippen LogP contribution in [0.1, 0.15) is 44.1 Å². The number of aromatic nitrogens is 1. The van der Waals surface area contributed by atoms with Gasteiger partial charge in [0.2, 0.25) is 0 Å². The van der Waals surface area contributed by atoms with E-state index in [1.807, 2.05) is 26.0 Å². The van der Waals surface area contributed by atoms with Crippen molar-refractivity contribution in [2.24, 2.45) is 11.7 Å². The third-order valence-electron chi connectivity index (χ3n) is 3.78. The van der Waals surface area contributed by atoms with Gasteiger partial charge in [-0.05, 0) is 44.9 Å². The third kappa shape index (κ3) is 5.34. The number of anilines is 1. The molecule has 0 saturated carbocycles. The molecule has 0 aliphatic carbocycles. The highest BCUT2D eigenvalue weighted by Crippen LogP contribution is 2.13. The minimum Gasteiger partial charge on any atom is -0.385 e. The number of amides is 1. The van der Waals surface area contributed by atoms with Crippen molar-refractivity contribution in [2.75, 3.05) is 31.5 Å². The van der Waals surface area contributed by atoms with Crippen molar-refractivity contribution < 1.29 is 4.79 Å². The van der Waals surface area contributed by atoms with E-state index in [0.717, 1.165) is 25.1 Å². The Kier molecular flexibility index (Phi) is 7.75. The normalized spacial score (nSPS) is 12.0. The lowest BCUT2D eigenvalue weighted by atomic mass is 10.0. The van der Waals surface area contributed by atoms with Gasteiger partial charge in [0.25, 0.3) is 5.91 Å². The topological polar surface area (TPSA) is 71.2 Å². The molecule has 1 heterocycles. The third-order valence-corrected chi connectivity index (χ3v) is 3.78. The van der Waals surface area contributed by atoms with E-state index in [2.05, 4.69) is 17.2 Å². The van der Waals surface area contributed by atoms with Crippen LogP contribution in [0.15, 0.2) is 18.3 Å². The number of rotatable bonds is 9. The Morgan fingerprint density at radius 2 is 2.10 bits per heavy atom. The fraction of sp³-hybridized carbons (Fsp3) is 0.625. The van der Waals surface area contributed by atoms with Gasteiger partial charge >= 0.3 is 0 Å². The second kappa shape index (κ2) is 9.34. The van der Waals surface area contributed by atoms with Crippen LogP contribution in [0.3, 0.4) is 0 Å². The van der Waals surface area contributed by atoms with E-state index < -0.39 is 0 Å². The van der Waals surface area contributed by atoms with Crippen molar-refractivity contribution in [1.82, 2.24) is 9.88 Å². The fourth-order valence-corrected chi connectivity index (χ4v) is 2.28. The first-order chi connectivity index (χ1) is 10.2. The minimum atomic E-state index is -0.0161. The zero-order chi connectivity index (χ0) is 15.7. The average molecular weight is 292 g/mol. The molecule has 5 nitrogen and oxygen atoms in total. The number of carbonyl (C=O) groups is 1. The van der Waals surface area contributed by atoms with Gasteiger partial charge in [-0.3, -0.25) is 9.78 Å². The lowest BCUT2D eigenvalue weighted by Crippen LogP contribution is -2.31. The lowest BCUT2D eigenvalue weighted by molar-refractivity contribution is 0.0767.